The van der Waals surface area contributed by atoms with Crippen LogP contribution in [0.1, 0.15) is 125 Å². The van der Waals surface area contributed by atoms with Crippen molar-refractivity contribution >= 4 is 0 Å². The molecule has 0 aromatic heterocycles. The van der Waals surface area contributed by atoms with Crippen LogP contribution >= 0.6 is 0 Å². The second kappa shape index (κ2) is 8.55. The fourth-order valence-corrected chi connectivity index (χ4v) is 20.7. The predicted molar refractivity (Wildman–Crippen MR) is 124 cm³/mol. The third-order valence-corrected chi connectivity index (χ3v) is 24.0. The molecule has 0 aliphatic carbocycles. The van der Waals surface area contributed by atoms with Crippen LogP contribution in [0.2, 0.25) is 0 Å². The first-order chi connectivity index (χ1) is 11.7. The van der Waals surface area contributed by atoms with Gasteiger partial charge in [-0.05, 0) is 0 Å². The normalized spacial score (nSPS) is 15.8. The average Bonchev–Trinajstić information content (AvgIpc) is 2.13. The zero-order valence-corrected chi connectivity index (χ0v) is 26.5. The molecule has 0 bridgehead atoms. The summed E-state index contributed by atoms with van der Waals surface area (Å²) in [6, 6.07) is 0. The molecule has 0 saturated heterocycles. The first kappa shape index (κ1) is 29.1. The molecule has 0 atom stereocenters. The summed E-state index contributed by atoms with van der Waals surface area (Å²) in [7, 11) is 0. The maximum atomic E-state index is 2.95. The van der Waals surface area contributed by atoms with Crippen molar-refractivity contribution in [1.82, 2.24) is 4.99 Å². The minimum atomic E-state index is -3.01. The van der Waals surface area contributed by atoms with Crippen molar-refractivity contribution in [2.24, 2.45) is 0 Å². The summed E-state index contributed by atoms with van der Waals surface area (Å²) < 4.78 is 8.85. The van der Waals surface area contributed by atoms with E-state index in [-0.39, 0.29) is 33.2 Å². The molecule has 0 aromatic rings. The fraction of sp³-hybridized carbons (Fsp3) is 1.00. The van der Waals surface area contributed by atoms with Gasteiger partial charge in [0, 0.05) is 0 Å². The molecule has 4 heteroatoms. The second-order valence-electron chi connectivity index (χ2n) is 14.5. The summed E-state index contributed by atoms with van der Waals surface area (Å²) in [4.78, 5) is 0. The van der Waals surface area contributed by atoms with E-state index < -0.39 is 31.1 Å². The number of rotatable bonds is 3. The number of hydrogen-bond donors (Lipinski definition) is 0. The van der Waals surface area contributed by atoms with E-state index in [9.17, 15) is 0 Å². The topological polar surface area (TPSA) is 9.72 Å². The Hall–Kier alpha value is 1.07. The van der Waals surface area contributed by atoms with Crippen LogP contribution in [-0.4, -0.2) is 38.2 Å². The minimum absolute atomic E-state index is 0.105. The molecule has 0 heterocycles. The van der Waals surface area contributed by atoms with Crippen LogP contribution in [0.5, 0.6) is 0 Å². The summed E-state index contributed by atoms with van der Waals surface area (Å²) in [5.74, 6) is 0. The van der Waals surface area contributed by atoms with Gasteiger partial charge < -0.3 is 0 Å². The Morgan fingerprint density at radius 3 is 0.464 bits per heavy atom. The Labute approximate surface area is 192 Å². The fourth-order valence-electron chi connectivity index (χ4n) is 5.44. The first-order valence-corrected chi connectivity index (χ1v) is 16.0. The van der Waals surface area contributed by atoms with Gasteiger partial charge in [-0.15, -0.1) is 0 Å². The van der Waals surface area contributed by atoms with E-state index in [1.807, 2.05) is 0 Å². The molecule has 0 saturated carbocycles. The quantitative estimate of drug-likeness (QED) is 0.393. The van der Waals surface area contributed by atoms with Gasteiger partial charge in [0.15, 0.2) is 0 Å². The average molecular weight is 524 g/mol. The number of hydrogen-bond acceptors (Lipinski definition) is 3. The van der Waals surface area contributed by atoms with E-state index >= 15 is 0 Å². The standard InChI is InChI=1S/3C8H18N.La/c3*1-7(2,3)9-8(4,5)6;/h3*1-6H3;/q3*-1;+3. The Kier molecular flexibility index (Phi) is 8.87. The van der Waals surface area contributed by atoms with Crippen molar-refractivity contribution in [3.8, 4) is 0 Å². The summed E-state index contributed by atoms with van der Waals surface area (Å²) in [6.07, 6.45) is 0. The van der Waals surface area contributed by atoms with Gasteiger partial charge in [-0.2, -0.15) is 0 Å². The van der Waals surface area contributed by atoms with Gasteiger partial charge >= 0.3 is 194 Å². The van der Waals surface area contributed by atoms with Crippen LogP contribution in [0, 0.1) is 31.1 Å². The summed E-state index contributed by atoms with van der Waals surface area (Å²) in [6.45, 7) is 43.5. The third kappa shape index (κ3) is 7.64. The molecule has 0 aromatic carbocycles. The molecule has 0 aliphatic rings. The molecular weight excluding hydrogens is 469 g/mol. The second-order valence-corrected chi connectivity index (χ2v) is 21.5. The van der Waals surface area contributed by atoms with Crippen LogP contribution in [0.4, 0.5) is 0 Å². The van der Waals surface area contributed by atoms with Gasteiger partial charge in [-0.3, -0.25) is 0 Å². The molecule has 0 spiro atoms. The van der Waals surface area contributed by atoms with E-state index in [0.29, 0.717) is 0 Å². The monoisotopic (exact) mass is 523 g/mol. The van der Waals surface area contributed by atoms with Crippen LogP contribution in [0.3, 0.4) is 0 Å². The van der Waals surface area contributed by atoms with E-state index in [4.69, 9.17) is 0 Å². The molecule has 28 heavy (non-hydrogen) atoms. The number of nitrogens with zero attached hydrogens (tertiary/aromatic N) is 3. The molecule has 0 aliphatic heterocycles. The zero-order chi connectivity index (χ0) is 23.3. The van der Waals surface area contributed by atoms with Crippen molar-refractivity contribution in [2.45, 2.75) is 158 Å². The molecule has 0 N–H and O–H groups in total. The first-order valence-electron chi connectivity index (χ1n) is 11.1. The van der Waals surface area contributed by atoms with Crippen molar-refractivity contribution in [3.05, 3.63) is 0 Å². The van der Waals surface area contributed by atoms with Crippen molar-refractivity contribution in [2.75, 3.05) is 0 Å². The van der Waals surface area contributed by atoms with Crippen molar-refractivity contribution in [1.29, 1.82) is 0 Å². The van der Waals surface area contributed by atoms with E-state index in [1.165, 1.54) is 0 Å². The van der Waals surface area contributed by atoms with Gasteiger partial charge in [-0.25, -0.2) is 0 Å². The van der Waals surface area contributed by atoms with Gasteiger partial charge in [0.2, 0.25) is 0 Å². The Bertz CT molecular complexity index is 381. The van der Waals surface area contributed by atoms with Gasteiger partial charge in [0.25, 0.3) is 0 Å². The zero-order valence-electron chi connectivity index (χ0n) is 22.9. The van der Waals surface area contributed by atoms with Crippen molar-refractivity contribution < 1.29 is 31.1 Å². The van der Waals surface area contributed by atoms with Crippen LogP contribution in [0.15, 0.2) is 0 Å². The SMILES string of the molecule is CC(C)(C)[N]([La]([N](C(C)(C)C)C(C)(C)C)[N](C(C)(C)C)C(C)(C)C)C(C)(C)C. The maximum absolute atomic E-state index is 3.01. The van der Waals surface area contributed by atoms with Crippen molar-refractivity contribution in [3.63, 3.8) is 0 Å². The molecule has 3 nitrogen and oxygen atoms in total. The summed E-state index contributed by atoms with van der Waals surface area (Å²) >= 11 is -3.01. The van der Waals surface area contributed by atoms with Gasteiger partial charge in [0.1, 0.15) is 0 Å². The molecule has 0 rings (SSSR count). The van der Waals surface area contributed by atoms with Crippen LogP contribution in [-0.2, 0) is 0 Å². The summed E-state index contributed by atoms with van der Waals surface area (Å²) in [5.41, 5.74) is 0.631. The summed E-state index contributed by atoms with van der Waals surface area (Å²) in [5, 5.41) is 0. The Morgan fingerprint density at radius 1 is 0.286 bits per heavy atom. The predicted octanol–water partition coefficient (Wildman–Crippen LogP) is 7.05. The Balaban J connectivity index is 7.30. The molecule has 0 amide bonds. The molecule has 0 unspecified atom stereocenters. The molecule has 0 fully saturated rings. The Morgan fingerprint density at radius 2 is 0.393 bits per heavy atom. The molecule has 0 radical (unpaired) electrons. The van der Waals surface area contributed by atoms with E-state index in [1.54, 1.807) is 0 Å². The molecule has 168 valence electrons. The van der Waals surface area contributed by atoms with Gasteiger partial charge in [0.05, 0.1) is 0 Å². The van der Waals surface area contributed by atoms with Crippen LogP contribution < -0.4 is 0 Å². The molecular formula is C24H54LaN3. The van der Waals surface area contributed by atoms with Gasteiger partial charge in [-0.1, -0.05) is 0 Å². The van der Waals surface area contributed by atoms with Crippen LogP contribution in [0.25, 0.3) is 0 Å². The van der Waals surface area contributed by atoms with E-state index in [2.05, 4.69) is 130 Å². The third-order valence-electron chi connectivity index (χ3n) is 5.03. The van der Waals surface area contributed by atoms with E-state index in [0.717, 1.165) is 0 Å².